The fourth-order valence-electron chi connectivity index (χ4n) is 1.99. The number of hydrogen-bond donors (Lipinski definition) is 2. The van der Waals surface area contributed by atoms with Crippen molar-refractivity contribution in [1.29, 1.82) is 0 Å². The van der Waals surface area contributed by atoms with Crippen LogP contribution in [0.15, 0.2) is 33.8 Å². The average Bonchev–Trinajstić information content (AvgIpc) is 2.84. The number of nitrogens with one attached hydrogen (secondary N) is 1. The summed E-state index contributed by atoms with van der Waals surface area (Å²) in [4.78, 5) is 14.7. The Hall–Kier alpha value is -2.19. The Labute approximate surface area is 128 Å². The van der Waals surface area contributed by atoms with Crippen LogP contribution in [0.4, 0.5) is 0 Å². The minimum absolute atomic E-state index is 0.0439. The van der Waals surface area contributed by atoms with Crippen molar-refractivity contribution in [3.05, 3.63) is 47.2 Å². The van der Waals surface area contributed by atoms with Gasteiger partial charge in [-0.15, -0.1) is 0 Å². The lowest BCUT2D eigenvalue weighted by Crippen LogP contribution is -2.26. The van der Waals surface area contributed by atoms with Gasteiger partial charge in [0.25, 0.3) is 0 Å². The number of sulfonamides is 1. The zero-order chi connectivity index (χ0) is 16.3. The Balaban J connectivity index is 2.09. The lowest BCUT2D eigenvalue weighted by atomic mass is 10.1. The van der Waals surface area contributed by atoms with Crippen molar-refractivity contribution in [2.24, 2.45) is 0 Å². The highest BCUT2D eigenvalue weighted by molar-refractivity contribution is 7.89. The van der Waals surface area contributed by atoms with Gasteiger partial charge >= 0.3 is 5.97 Å². The molecule has 0 amide bonds. The van der Waals surface area contributed by atoms with Crippen LogP contribution in [-0.4, -0.2) is 31.0 Å². The summed E-state index contributed by atoms with van der Waals surface area (Å²) in [6, 6.07) is 2.86. The molecule has 8 heteroatoms. The van der Waals surface area contributed by atoms with Gasteiger partial charge in [-0.1, -0.05) is 0 Å². The molecule has 2 aromatic heterocycles. The summed E-state index contributed by atoms with van der Waals surface area (Å²) in [6.07, 6.45) is 3.85. The molecule has 0 atom stereocenters. The fourth-order valence-corrected chi connectivity index (χ4v) is 3.20. The number of aromatic carboxylic acids is 1. The van der Waals surface area contributed by atoms with E-state index in [9.17, 15) is 13.2 Å². The molecule has 22 heavy (non-hydrogen) atoms. The second-order valence-electron chi connectivity index (χ2n) is 4.79. The minimum Gasteiger partial charge on any atom is -0.475 e. The smallest absolute Gasteiger partial charge is 0.371 e. The number of hydrogen-bond acceptors (Lipinski definition) is 5. The molecule has 0 unspecified atom stereocenters. The number of carboxylic acid groups (broad SMARTS) is 1. The van der Waals surface area contributed by atoms with E-state index in [2.05, 4.69) is 9.71 Å². The highest BCUT2D eigenvalue weighted by Gasteiger charge is 2.23. The highest BCUT2D eigenvalue weighted by atomic mass is 32.2. The van der Waals surface area contributed by atoms with Crippen molar-refractivity contribution in [2.75, 3.05) is 6.54 Å². The number of pyridine rings is 1. The Morgan fingerprint density at radius 2 is 2.14 bits per heavy atom. The van der Waals surface area contributed by atoms with E-state index < -0.39 is 21.8 Å². The number of aryl methyl sites for hydroxylation is 2. The standard InChI is InChI=1S/C14H16N2O5S/c1-9-3-5-15-8-11(9)4-6-16-22(19,20)13-7-12(14(17)18)21-10(13)2/h3,5,7-8,16H,4,6H2,1-2H3,(H,17,18). The van der Waals surface area contributed by atoms with Gasteiger partial charge in [0.1, 0.15) is 10.7 Å². The first-order valence-corrected chi connectivity index (χ1v) is 8.02. The molecule has 2 rings (SSSR count). The minimum atomic E-state index is -3.81. The molecule has 0 aliphatic heterocycles. The SMILES string of the molecule is Cc1ccncc1CCNS(=O)(=O)c1cc(C(=O)O)oc1C. The van der Waals surface area contributed by atoms with E-state index in [-0.39, 0.29) is 17.2 Å². The normalized spacial score (nSPS) is 11.5. The molecule has 0 aromatic carbocycles. The number of carbonyl (C=O) groups is 1. The molecule has 7 nitrogen and oxygen atoms in total. The third-order valence-corrected chi connectivity index (χ3v) is 4.77. The lowest BCUT2D eigenvalue weighted by molar-refractivity contribution is 0.0661. The highest BCUT2D eigenvalue weighted by Crippen LogP contribution is 2.19. The van der Waals surface area contributed by atoms with Gasteiger partial charge in [0.2, 0.25) is 15.8 Å². The zero-order valence-electron chi connectivity index (χ0n) is 12.2. The molecular weight excluding hydrogens is 308 g/mol. The number of carboxylic acids is 1. The molecule has 2 heterocycles. The van der Waals surface area contributed by atoms with E-state index in [1.807, 2.05) is 13.0 Å². The Morgan fingerprint density at radius 1 is 1.41 bits per heavy atom. The maximum Gasteiger partial charge on any atom is 0.371 e. The fraction of sp³-hybridized carbons (Fsp3) is 0.286. The van der Waals surface area contributed by atoms with Gasteiger partial charge < -0.3 is 9.52 Å². The quantitative estimate of drug-likeness (QED) is 0.833. The van der Waals surface area contributed by atoms with Crippen LogP contribution in [0.1, 0.15) is 27.4 Å². The Morgan fingerprint density at radius 3 is 2.73 bits per heavy atom. The zero-order valence-corrected chi connectivity index (χ0v) is 13.0. The molecule has 0 aliphatic carbocycles. The predicted molar refractivity (Wildman–Crippen MR) is 78.3 cm³/mol. The van der Waals surface area contributed by atoms with Crippen LogP contribution in [0.2, 0.25) is 0 Å². The van der Waals surface area contributed by atoms with Crippen LogP contribution in [0.25, 0.3) is 0 Å². The van der Waals surface area contributed by atoms with E-state index >= 15 is 0 Å². The van der Waals surface area contributed by atoms with Crippen molar-refractivity contribution in [3.8, 4) is 0 Å². The van der Waals surface area contributed by atoms with Crippen LogP contribution in [0, 0.1) is 13.8 Å². The summed E-state index contributed by atoms with van der Waals surface area (Å²) in [6.45, 7) is 3.51. The monoisotopic (exact) mass is 324 g/mol. The van der Waals surface area contributed by atoms with E-state index in [0.29, 0.717) is 6.42 Å². The molecule has 118 valence electrons. The topological polar surface area (TPSA) is 110 Å². The van der Waals surface area contributed by atoms with Gasteiger partial charge in [-0.3, -0.25) is 4.98 Å². The Kier molecular flexibility index (Phi) is 4.62. The summed E-state index contributed by atoms with van der Waals surface area (Å²) >= 11 is 0. The number of nitrogens with zero attached hydrogens (tertiary/aromatic N) is 1. The average molecular weight is 324 g/mol. The summed E-state index contributed by atoms with van der Waals surface area (Å²) in [7, 11) is -3.81. The van der Waals surface area contributed by atoms with Gasteiger partial charge in [-0.2, -0.15) is 0 Å². The molecule has 0 aliphatic rings. The van der Waals surface area contributed by atoms with E-state index in [0.717, 1.165) is 17.2 Å². The molecule has 0 bridgehead atoms. The molecule has 0 saturated carbocycles. The largest absolute Gasteiger partial charge is 0.475 e. The third-order valence-electron chi connectivity index (χ3n) is 3.21. The molecule has 0 saturated heterocycles. The maximum atomic E-state index is 12.2. The van der Waals surface area contributed by atoms with Gasteiger partial charge in [0.05, 0.1) is 0 Å². The van der Waals surface area contributed by atoms with Crippen molar-refractivity contribution in [1.82, 2.24) is 9.71 Å². The molecular formula is C14H16N2O5S. The molecule has 2 aromatic rings. The third kappa shape index (κ3) is 3.52. The van der Waals surface area contributed by atoms with Gasteiger partial charge in [0.15, 0.2) is 0 Å². The van der Waals surface area contributed by atoms with Crippen molar-refractivity contribution >= 4 is 16.0 Å². The van der Waals surface area contributed by atoms with E-state index in [1.54, 1.807) is 12.4 Å². The second kappa shape index (κ2) is 6.29. The first-order valence-electron chi connectivity index (χ1n) is 6.54. The number of furan rings is 1. The summed E-state index contributed by atoms with van der Waals surface area (Å²) in [5.41, 5.74) is 1.97. The van der Waals surface area contributed by atoms with Crippen LogP contribution in [0.5, 0.6) is 0 Å². The predicted octanol–water partition coefficient (Wildman–Crippen LogP) is 1.51. The van der Waals surface area contributed by atoms with Crippen molar-refractivity contribution in [3.63, 3.8) is 0 Å². The van der Waals surface area contributed by atoms with E-state index in [1.165, 1.54) is 6.92 Å². The van der Waals surface area contributed by atoms with Crippen LogP contribution < -0.4 is 4.72 Å². The molecule has 0 spiro atoms. The van der Waals surface area contributed by atoms with Crippen LogP contribution in [-0.2, 0) is 16.4 Å². The van der Waals surface area contributed by atoms with Crippen molar-refractivity contribution in [2.45, 2.75) is 25.2 Å². The summed E-state index contributed by atoms with van der Waals surface area (Å²) in [5, 5.41) is 8.83. The Bertz CT molecular complexity index is 795. The lowest BCUT2D eigenvalue weighted by Gasteiger charge is -2.07. The van der Waals surface area contributed by atoms with Crippen molar-refractivity contribution < 1.29 is 22.7 Å². The number of rotatable bonds is 6. The van der Waals surface area contributed by atoms with Gasteiger partial charge in [0, 0.05) is 25.0 Å². The number of aromatic nitrogens is 1. The summed E-state index contributed by atoms with van der Waals surface area (Å²) in [5.74, 6) is -1.67. The van der Waals surface area contributed by atoms with Crippen LogP contribution in [0.3, 0.4) is 0 Å². The molecule has 2 N–H and O–H groups in total. The summed E-state index contributed by atoms with van der Waals surface area (Å²) < 4.78 is 31.7. The molecule has 0 fully saturated rings. The molecule has 0 radical (unpaired) electrons. The van der Waals surface area contributed by atoms with Crippen LogP contribution >= 0.6 is 0 Å². The first-order chi connectivity index (χ1) is 10.3. The van der Waals surface area contributed by atoms with E-state index in [4.69, 9.17) is 9.52 Å². The second-order valence-corrected chi connectivity index (χ2v) is 6.52. The van der Waals surface area contributed by atoms with Gasteiger partial charge in [-0.25, -0.2) is 17.9 Å². The maximum absolute atomic E-state index is 12.2. The first kappa shape index (κ1) is 16.2. The van der Waals surface area contributed by atoms with Gasteiger partial charge in [-0.05, 0) is 37.5 Å².